The van der Waals surface area contributed by atoms with Gasteiger partial charge < -0.3 is 29.8 Å². The molecule has 0 bridgehead atoms. The van der Waals surface area contributed by atoms with Crippen LogP contribution in [0, 0.1) is 0 Å². The molecule has 2 aliphatic rings. The van der Waals surface area contributed by atoms with Crippen LogP contribution in [0.5, 0.6) is 0 Å². The first-order chi connectivity index (χ1) is 22.1. The number of furan rings is 1. The van der Waals surface area contributed by atoms with Crippen LogP contribution in [0.25, 0.3) is 11.3 Å². The van der Waals surface area contributed by atoms with Crippen molar-refractivity contribution in [3.8, 4) is 11.3 Å². The number of anilines is 4. The van der Waals surface area contributed by atoms with Crippen molar-refractivity contribution in [2.75, 3.05) is 52.7 Å². The van der Waals surface area contributed by atoms with E-state index in [4.69, 9.17) is 38.2 Å². The van der Waals surface area contributed by atoms with Crippen LogP contribution in [0.1, 0.15) is 16.9 Å². The fourth-order valence-corrected chi connectivity index (χ4v) is 6.17. The Hall–Kier alpha value is -4.60. The fraction of sp³-hybridized carbons (Fsp3) is 0.229. The van der Waals surface area contributed by atoms with E-state index in [1.165, 1.54) is 16.8 Å². The van der Waals surface area contributed by atoms with Crippen molar-refractivity contribution in [1.82, 2.24) is 15.3 Å². The molecule has 1 saturated heterocycles. The van der Waals surface area contributed by atoms with Gasteiger partial charge in [-0.1, -0.05) is 54.1 Å². The van der Waals surface area contributed by atoms with Crippen LogP contribution >= 0.6 is 23.8 Å². The lowest BCUT2D eigenvalue weighted by Crippen LogP contribution is -2.47. The summed E-state index contributed by atoms with van der Waals surface area (Å²) in [6.07, 6.45) is 0.981. The van der Waals surface area contributed by atoms with Gasteiger partial charge in [0.25, 0.3) is 0 Å². The molecule has 0 radical (unpaired) electrons. The van der Waals surface area contributed by atoms with Crippen LogP contribution in [0.3, 0.4) is 0 Å². The first-order valence-electron chi connectivity index (χ1n) is 15.2. The first kappa shape index (κ1) is 29.1. The monoisotopic (exact) mass is 635 g/mol. The minimum Gasteiger partial charge on any atom is -0.459 e. The quantitative estimate of drug-likeness (QED) is 0.189. The average molecular weight is 636 g/mol. The molecule has 4 heterocycles. The Morgan fingerprint density at radius 3 is 2.22 bits per heavy atom. The van der Waals surface area contributed by atoms with E-state index in [0.717, 1.165) is 74.4 Å². The summed E-state index contributed by atoms with van der Waals surface area (Å²) in [6.45, 7) is 5.71. The number of fused-ring (bicyclic) bond motifs is 1. The number of aromatic nitrogens is 2. The molecule has 1 fully saturated rings. The van der Waals surface area contributed by atoms with Crippen molar-refractivity contribution in [2.24, 2.45) is 0 Å². The third kappa shape index (κ3) is 6.90. The van der Waals surface area contributed by atoms with Gasteiger partial charge in [0.1, 0.15) is 23.2 Å². The Balaban J connectivity index is 1.06. The van der Waals surface area contributed by atoms with E-state index in [2.05, 4.69) is 86.0 Å². The van der Waals surface area contributed by atoms with Crippen LogP contribution in [0.4, 0.5) is 23.3 Å². The highest BCUT2D eigenvalue weighted by Crippen LogP contribution is 2.28. The molecule has 2 N–H and O–H groups in total. The molecule has 3 aromatic carbocycles. The molecule has 0 spiro atoms. The van der Waals surface area contributed by atoms with Crippen molar-refractivity contribution >= 4 is 52.2 Å². The summed E-state index contributed by atoms with van der Waals surface area (Å²) in [4.78, 5) is 17.0. The van der Waals surface area contributed by atoms with E-state index >= 15 is 0 Å². The normalized spacial score (nSPS) is 14.6. The average Bonchev–Trinajstić information content (AvgIpc) is 3.57. The van der Waals surface area contributed by atoms with Crippen LogP contribution in [-0.4, -0.2) is 47.8 Å². The van der Waals surface area contributed by atoms with Crippen LogP contribution in [0.15, 0.2) is 101 Å². The number of piperazine rings is 1. The van der Waals surface area contributed by atoms with Crippen molar-refractivity contribution in [2.45, 2.75) is 19.5 Å². The van der Waals surface area contributed by atoms with Crippen molar-refractivity contribution in [3.05, 3.63) is 119 Å². The first-order valence-corrected chi connectivity index (χ1v) is 16.0. The van der Waals surface area contributed by atoms with Gasteiger partial charge in [-0.2, -0.15) is 9.97 Å². The van der Waals surface area contributed by atoms with Crippen molar-refractivity contribution in [1.29, 1.82) is 0 Å². The largest absolute Gasteiger partial charge is 0.459 e. The molecule has 0 saturated carbocycles. The van der Waals surface area contributed by atoms with Crippen LogP contribution in [-0.2, 0) is 19.5 Å². The summed E-state index contributed by atoms with van der Waals surface area (Å²) in [5, 5.41) is 7.62. The second-order valence-corrected chi connectivity index (χ2v) is 12.1. The van der Waals surface area contributed by atoms with E-state index in [1.54, 1.807) is 0 Å². The molecule has 228 valence electrons. The summed E-state index contributed by atoms with van der Waals surface area (Å²) in [5.41, 5.74) is 4.96. The van der Waals surface area contributed by atoms with Crippen LogP contribution < -0.4 is 25.3 Å². The number of nitrogens with one attached hydrogen (secondary N) is 2. The van der Waals surface area contributed by atoms with Gasteiger partial charge in [-0.05, 0) is 78.3 Å². The summed E-state index contributed by atoms with van der Waals surface area (Å²) >= 11 is 11.7. The molecule has 45 heavy (non-hydrogen) atoms. The highest BCUT2D eigenvalue weighted by molar-refractivity contribution is 7.80. The number of thiocarbonyl (C=S) groups is 1. The van der Waals surface area contributed by atoms with Crippen molar-refractivity contribution < 1.29 is 4.42 Å². The van der Waals surface area contributed by atoms with Gasteiger partial charge in [-0.15, -0.1) is 0 Å². The predicted octanol–water partition coefficient (Wildman–Crippen LogP) is 6.77. The minimum absolute atomic E-state index is 0.427. The Kier molecular flexibility index (Phi) is 8.53. The van der Waals surface area contributed by atoms with E-state index in [1.807, 2.05) is 36.4 Å². The number of halogens is 1. The van der Waals surface area contributed by atoms with E-state index in [-0.39, 0.29) is 0 Å². The highest BCUT2D eigenvalue weighted by atomic mass is 35.5. The summed E-state index contributed by atoms with van der Waals surface area (Å²) in [7, 11) is 0. The molecule has 0 atom stereocenters. The maximum absolute atomic E-state index is 6.03. The lowest BCUT2D eigenvalue weighted by atomic mass is 10.00. The lowest BCUT2D eigenvalue weighted by Gasteiger charge is -2.37. The third-order valence-electron chi connectivity index (χ3n) is 8.32. The Labute approximate surface area is 273 Å². The van der Waals surface area contributed by atoms with Gasteiger partial charge in [0.2, 0.25) is 5.95 Å². The SMILES string of the molecule is S=C(NCc1ccc(-c2ccc(Cl)cc2)o1)Nc1nc(N2CCN(c3ccccc3)CC2)cc(N2CCc3ccccc3C2)n1. The maximum atomic E-state index is 6.03. The highest BCUT2D eigenvalue weighted by Gasteiger charge is 2.23. The lowest BCUT2D eigenvalue weighted by molar-refractivity contribution is 0.516. The summed E-state index contributed by atoms with van der Waals surface area (Å²) in [5.74, 6) is 3.81. The molecule has 0 unspecified atom stereocenters. The second kappa shape index (κ2) is 13.2. The molecular formula is C35H34ClN7OS. The van der Waals surface area contributed by atoms with E-state index < -0.39 is 0 Å². The molecule has 5 aromatic rings. The molecular weight excluding hydrogens is 602 g/mol. The van der Waals surface area contributed by atoms with Crippen LogP contribution in [0.2, 0.25) is 5.02 Å². The molecule has 10 heteroatoms. The van der Waals surface area contributed by atoms with Gasteiger partial charge >= 0.3 is 0 Å². The van der Waals surface area contributed by atoms with Gasteiger partial charge in [0.15, 0.2) is 5.11 Å². The standard InChI is InChI=1S/C35H34ClN7OS/c36-28-12-10-26(11-13-28)31-15-14-30(44-31)23-37-35(45)40-34-38-32(42-20-18-41(19-21-42)29-8-2-1-3-9-29)22-33(39-34)43-17-16-25-6-4-5-7-27(25)24-43/h1-15,22H,16-21,23-24H2,(H2,37,38,39,40,45). The Morgan fingerprint density at radius 2 is 1.44 bits per heavy atom. The van der Waals surface area contributed by atoms with Crippen molar-refractivity contribution in [3.63, 3.8) is 0 Å². The molecule has 2 aromatic heterocycles. The summed E-state index contributed by atoms with van der Waals surface area (Å²) in [6, 6.07) is 32.8. The minimum atomic E-state index is 0.427. The molecule has 7 rings (SSSR count). The van der Waals surface area contributed by atoms with E-state index in [0.29, 0.717) is 22.6 Å². The Bertz CT molecular complexity index is 1770. The number of nitrogens with zero attached hydrogens (tertiary/aromatic N) is 5. The number of hydrogen-bond acceptors (Lipinski definition) is 7. The predicted molar refractivity (Wildman–Crippen MR) is 186 cm³/mol. The molecule has 0 aliphatic carbocycles. The van der Waals surface area contributed by atoms with Gasteiger partial charge in [0.05, 0.1) is 6.54 Å². The Morgan fingerprint density at radius 1 is 0.756 bits per heavy atom. The van der Waals surface area contributed by atoms with E-state index in [9.17, 15) is 0 Å². The second-order valence-electron chi connectivity index (χ2n) is 11.2. The van der Waals surface area contributed by atoms with Gasteiger partial charge in [0, 0.05) is 61.6 Å². The summed E-state index contributed by atoms with van der Waals surface area (Å²) < 4.78 is 6.03. The molecule has 2 aliphatic heterocycles. The number of para-hydroxylation sites is 1. The molecule has 8 nitrogen and oxygen atoms in total. The van der Waals surface area contributed by atoms with Gasteiger partial charge in [-0.25, -0.2) is 0 Å². The smallest absolute Gasteiger partial charge is 0.232 e. The third-order valence-corrected chi connectivity index (χ3v) is 8.82. The zero-order chi connectivity index (χ0) is 30.6. The number of hydrogen-bond donors (Lipinski definition) is 2. The molecule has 0 amide bonds. The zero-order valence-electron chi connectivity index (χ0n) is 24.8. The topological polar surface area (TPSA) is 72.7 Å². The fourth-order valence-electron chi connectivity index (χ4n) is 5.88. The van der Waals surface area contributed by atoms with Gasteiger partial charge in [-0.3, -0.25) is 0 Å². The maximum Gasteiger partial charge on any atom is 0.232 e. The number of rotatable bonds is 7. The number of benzene rings is 3. The zero-order valence-corrected chi connectivity index (χ0v) is 26.4.